The standard InChI is InChI=1S/C27H36F3N3O/c1-5-6-19(8-7-18(2)3)16-32-24-12-14-33(4)26(21-11-13-31-17-23(21)24)22-10-9-20(15-25(22)34)27(28,29)30/h9-13,15,17-19,26,32,34H,5-8,14,16H2,1-4H3. The molecule has 2 N–H and O–H groups in total. The molecule has 0 fully saturated rings. The third-order valence-electron chi connectivity index (χ3n) is 6.55. The van der Waals surface area contributed by atoms with E-state index in [0.717, 1.165) is 48.3 Å². The van der Waals surface area contributed by atoms with Crippen LogP contribution in [-0.4, -0.2) is 35.1 Å². The molecule has 1 aliphatic rings. The van der Waals surface area contributed by atoms with Crippen molar-refractivity contribution in [1.29, 1.82) is 0 Å². The molecule has 0 radical (unpaired) electrons. The Labute approximate surface area is 200 Å². The molecule has 186 valence electrons. The molecule has 0 saturated carbocycles. The number of phenolic OH excluding ortho intramolecular Hbond substituents is 1. The van der Waals surface area contributed by atoms with Crippen LogP contribution in [0.2, 0.25) is 0 Å². The molecule has 4 nitrogen and oxygen atoms in total. The van der Waals surface area contributed by atoms with Crippen molar-refractivity contribution in [2.45, 2.75) is 58.7 Å². The number of pyridine rings is 1. The van der Waals surface area contributed by atoms with Crippen LogP contribution in [0, 0.1) is 11.8 Å². The zero-order chi connectivity index (χ0) is 24.9. The van der Waals surface area contributed by atoms with Gasteiger partial charge in [-0.05, 0) is 61.6 Å². The summed E-state index contributed by atoms with van der Waals surface area (Å²) in [5, 5.41) is 14.2. The summed E-state index contributed by atoms with van der Waals surface area (Å²) in [5.41, 5.74) is 2.38. The SMILES string of the molecule is CCCC(CCC(C)C)CNC1=CCN(C)C(c2ccc(C(F)(F)F)cc2O)c2ccncc21. The van der Waals surface area contributed by atoms with E-state index in [2.05, 4.69) is 37.1 Å². The fourth-order valence-corrected chi connectivity index (χ4v) is 4.66. The van der Waals surface area contributed by atoms with Gasteiger partial charge in [0.2, 0.25) is 0 Å². The molecule has 0 amide bonds. The average Bonchev–Trinajstić information content (AvgIpc) is 2.91. The molecule has 0 aliphatic carbocycles. The van der Waals surface area contributed by atoms with Gasteiger partial charge in [-0.3, -0.25) is 9.88 Å². The number of alkyl halides is 3. The normalized spacial score (nSPS) is 17.8. The summed E-state index contributed by atoms with van der Waals surface area (Å²) in [6.07, 6.45) is 5.75. The van der Waals surface area contributed by atoms with Crippen molar-refractivity contribution >= 4 is 5.70 Å². The second-order valence-electron chi connectivity index (χ2n) is 9.70. The second kappa shape index (κ2) is 11.3. The molecule has 34 heavy (non-hydrogen) atoms. The zero-order valence-corrected chi connectivity index (χ0v) is 20.5. The fourth-order valence-electron chi connectivity index (χ4n) is 4.66. The number of benzene rings is 1. The van der Waals surface area contributed by atoms with Gasteiger partial charge in [-0.15, -0.1) is 0 Å². The number of hydrogen-bond donors (Lipinski definition) is 2. The Kier molecular flexibility index (Phi) is 8.63. The van der Waals surface area contributed by atoms with E-state index < -0.39 is 17.8 Å². The first-order valence-electron chi connectivity index (χ1n) is 12.1. The number of nitrogens with zero attached hydrogens (tertiary/aromatic N) is 2. The van der Waals surface area contributed by atoms with Crippen molar-refractivity contribution in [2.24, 2.45) is 11.8 Å². The van der Waals surface area contributed by atoms with E-state index in [4.69, 9.17) is 0 Å². The first-order valence-corrected chi connectivity index (χ1v) is 12.1. The highest BCUT2D eigenvalue weighted by molar-refractivity contribution is 5.68. The first kappa shape index (κ1) is 26.1. The topological polar surface area (TPSA) is 48.4 Å². The van der Waals surface area contributed by atoms with E-state index in [0.29, 0.717) is 23.9 Å². The summed E-state index contributed by atoms with van der Waals surface area (Å²) < 4.78 is 39.4. The predicted octanol–water partition coefficient (Wildman–Crippen LogP) is 6.62. The summed E-state index contributed by atoms with van der Waals surface area (Å²) in [7, 11) is 1.91. The lowest BCUT2D eigenvalue weighted by atomic mass is 9.92. The molecule has 2 unspecified atom stereocenters. The number of hydrogen-bond acceptors (Lipinski definition) is 4. The molecule has 3 rings (SSSR count). The van der Waals surface area contributed by atoms with Gasteiger partial charge < -0.3 is 10.4 Å². The van der Waals surface area contributed by atoms with Crippen LogP contribution in [0.15, 0.2) is 42.7 Å². The molecule has 7 heteroatoms. The van der Waals surface area contributed by atoms with Gasteiger partial charge in [0, 0.05) is 42.3 Å². The van der Waals surface area contributed by atoms with Crippen molar-refractivity contribution in [3.63, 3.8) is 0 Å². The largest absolute Gasteiger partial charge is 0.508 e. The van der Waals surface area contributed by atoms with E-state index >= 15 is 0 Å². The van der Waals surface area contributed by atoms with Gasteiger partial charge in [0.25, 0.3) is 0 Å². The van der Waals surface area contributed by atoms with Crippen molar-refractivity contribution in [1.82, 2.24) is 15.2 Å². The average molecular weight is 476 g/mol. The molecule has 1 aromatic heterocycles. The van der Waals surface area contributed by atoms with Gasteiger partial charge in [-0.25, -0.2) is 0 Å². The zero-order valence-electron chi connectivity index (χ0n) is 20.5. The van der Waals surface area contributed by atoms with Crippen LogP contribution in [0.5, 0.6) is 5.75 Å². The second-order valence-corrected chi connectivity index (χ2v) is 9.70. The summed E-state index contributed by atoms with van der Waals surface area (Å²) in [4.78, 5) is 6.35. The fraction of sp³-hybridized carbons (Fsp3) is 0.519. The quantitative estimate of drug-likeness (QED) is 0.428. The minimum absolute atomic E-state index is 0.359. The molecule has 0 bridgehead atoms. The van der Waals surface area contributed by atoms with E-state index in [1.54, 1.807) is 12.4 Å². The molecule has 2 heterocycles. The van der Waals surface area contributed by atoms with Gasteiger partial charge in [-0.1, -0.05) is 39.7 Å². The maximum atomic E-state index is 13.1. The molecule has 2 atom stereocenters. The number of fused-ring (bicyclic) bond motifs is 1. The summed E-state index contributed by atoms with van der Waals surface area (Å²) in [6.45, 7) is 8.15. The molecule has 2 aromatic rings. The van der Waals surface area contributed by atoms with Crippen LogP contribution in [0.4, 0.5) is 13.2 Å². The Balaban J connectivity index is 1.90. The molecule has 1 aliphatic heterocycles. The smallest absolute Gasteiger partial charge is 0.416 e. The highest BCUT2D eigenvalue weighted by Crippen LogP contribution is 2.40. The Morgan fingerprint density at radius 2 is 1.91 bits per heavy atom. The number of halogens is 3. The van der Waals surface area contributed by atoms with Crippen LogP contribution in [-0.2, 0) is 6.18 Å². The number of aromatic hydroxyl groups is 1. The maximum absolute atomic E-state index is 13.1. The molecule has 1 aromatic carbocycles. The van der Waals surface area contributed by atoms with Crippen molar-refractivity contribution in [3.05, 3.63) is 65.0 Å². The maximum Gasteiger partial charge on any atom is 0.416 e. The first-order chi connectivity index (χ1) is 16.1. The number of nitrogens with one attached hydrogen (secondary N) is 1. The van der Waals surface area contributed by atoms with Crippen LogP contribution in [0.1, 0.15) is 74.8 Å². The van der Waals surface area contributed by atoms with Crippen molar-refractivity contribution in [3.8, 4) is 5.75 Å². The predicted molar refractivity (Wildman–Crippen MR) is 130 cm³/mol. The highest BCUT2D eigenvalue weighted by atomic mass is 19.4. The van der Waals surface area contributed by atoms with Crippen molar-refractivity contribution < 1.29 is 18.3 Å². The number of rotatable bonds is 9. The number of aromatic nitrogens is 1. The van der Waals surface area contributed by atoms with Crippen LogP contribution in [0.3, 0.4) is 0 Å². The number of likely N-dealkylation sites (N-methyl/N-ethyl adjacent to an activating group) is 1. The highest BCUT2D eigenvalue weighted by Gasteiger charge is 2.33. The van der Waals surface area contributed by atoms with Crippen LogP contribution < -0.4 is 5.32 Å². The molecular formula is C27H36F3N3O. The summed E-state index contributed by atoms with van der Waals surface area (Å²) >= 11 is 0. The van der Waals surface area contributed by atoms with Gasteiger partial charge in [0.15, 0.2) is 0 Å². The Bertz CT molecular complexity index is 987. The van der Waals surface area contributed by atoms with E-state index in [-0.39, 0.29) is 5.75 Å². The molecular weight excluding hydrogens is 439 g/mol. The van der Waals surface area contributed by atoms with Crippen molar-refractivity contribution in [2.75, 3.05) is 20.1 Å². The lowest BCUT2D eigenvalue weighted by Gasteiger charge is -2.28. The van der Waals surface area contributed by atoms with Crippen LogP contribution >= 0.6 is 0 Å². The third-order valence-corrected chi connectivity index (χ3v) is 6.55. The minimum Gasteiger partial charge on any atom is -0.508 e. The van der Waals surface area contributed by atoms with Crippen LogP contribution in [0.25, 0.3) is 5.70 Å². The third kappa shape index (κ3) is 6.32. The monoisotopic (exact) mass is 475 g/mol. The molecule has 0 saturated heterocycles. The summed E-state index contributed by atoms with van der Waals surface area (Å²) in [5.74, 6) is 0.888. The lowest BCUT2D eigenvalue weighted by Crippen LogP contribution is -2.25. The van der Waals surface area contributed by atoms with Gasteiger partial charge in [0.1, 0.15) is 5.75 Å². The Morgan fingerprint density at radius 1 is 1.15 bits per heavy atom. The van der Waals surface area contributed by atoms with Gasteiger partial charge in [-0.2, -0.15) is 13.2 Å². The Hall–Kier alpha value is -2.54. The van der Waals surface area contributed by atoms with E-state index in [9.17, 15) is 18.3 Å². The Morgan fingerprint density at radius 3 is 2.56 bits per heavy atom. The minimum atomic E-state index is -4.50. The van der Waals surface area contributed by atoms with E-state index in [1.165, 1.54) is 18.9 Å². The number of phenols is 1. The van der Waals surface area contributed by atoms with E-state index in [1.807, 2.05) is 18.0 Å². The summed E-state index contributed by atoms with van der Waals surface area (Å²) in [6, 6.07) is 4.71. The molecule has 0 spiro atoms. The lowest BCUT2D eigenvalue weighted by molar-refractivity contribution is -0.137. The van der Waals surface area contributed by atoms with Gasteiger partial charge in [0.05, 0.1) is 11.6 Å². The van der Waals surface area contributed by atoms with Gasteiger partial charge >= 0.3 is 6.18 Å².